The molecule has 2 saturated carbocycles. The third-order valence-electron chi connectivity index (χ3n) is 5.77. The van der Waals surface area contributed by atoms with Gasteiger partial charge in [0.2, 0.25) is 5.91 Å². The van der Waals surface area contributed by atoms with E-state index in [4.69, 9.17) is 0 Å². The summed E-state index contributed by atoms with van der Waals surface area (Å²) in [6, 6.07) is 9.14. The van der Waals surface area contributed by atoms with Gasteiger partial charge in [-0.25, -0.2) is 0 Å². The van der Waals surface area contributed by atoms with E-state index in [2.05, 4.69) is 21.7 Å². The minimum absolute atomic E-state index is 0.0988. The van der Waals surface area contributed by atoms with Gasteiger partial charge in [-0.3, -0.25) is 9.59 Å². The summed E-state index contributed by atoms with van der Waals surface area (Å²) in [5.74, 6) is -0.233. The van der Waals surface area contributed by atoms with Crippen LogP contribution in [0.1, 0.15) is 48.9 Å². The predicted octanol–water partition coefficient (Wildman–Crippen LogP) is 2.87. The summed E-state index contributed by atoms with van der Waals surface area (Å²) in [4.78, 5) is 28.6. The minimum atomic E-state index is -0.397. The number of aromatic amines is 1. The van der Waals surface area contributed by atoms with Crippen LogP contribution < -0.4 is 10.6 Å². The van der Waals surface area contributed by atoms with Gasteiger partial charge in [-0.1, -0.05) is 18.9 Å². The molecule has 3 atom stereocenters. The van der Waals surface area contributed by atoms with E-state index < -0.39 is 6.04 Å². The van der Waals surface area contributed by atoms with Crippen molar-refractivity contribution in [3.63, 3.8) is 0 Å². The van der Waals surface area contributed by atoms with Crippen LogP contribution in [0.15, 0.2) is 30.5 Å². The third-order valence-corrected chi connectivity index (χ3v) is 5.77. The summed E-state index contributed by atoms with van der Waals surface area (Å²) in [5.41, 5.74) is 1.50. The molecule has 27 heavy (non-hydrogen) atoms. The van der Waals surface area contributed by atoms with Crippen molar-refractivity contribution in [2.75, 3.05) is 0 Å². The van der Waals surface area contributed by atoms with E-state index in [1.165, 1.54) is 0 Å². The molecule has 2 aromatic rings. The molecule has 1 aromatic carbocycles. The van der Waals surface area contributed by atoms with Crippen LogP contribution in [0.5, 0.6) is 0 Å². The lowest BCUT2D eigenvalue weighted by molar-refractivity contribution is -0.127. The molecule has 2 unspecified atom stereocenters. The zero-order valence-corrected chi connectivity index (χ0v) is 15.2. The summed E-state index contributed by atoms with van der Waals surface area (Å²) in [6.45, 7) is 0. The van der Waals surface area contributed by atoms with Crippen molar-refractivity contribution < 1.29 is 9.59 Å². The molecule has 2 aliphatic carbocycles. The second kappa shape index (κ2) is 7.43. The summed E-state index contributed by atoms with van der Waals surface area (Å²) in [7, 11) is 0. The molecule has 2 aliphatic rings. The fourth-order valence-corrected chi connectivity index (χ4v) is 4.00. The van der Waals surface area contributed by atoms with Gasteiger partial charge in [-0.15, -0.1) is 0 Å². The Morgan fingerprint density at radius 1 is 1.15 bits per heavy atom. The van der Waals surface area contributed by atoms with Gasteiger partial charge in [0, 0.05) is 23.3 Å². The average molecular weight is 364 g/mol. The molecular weight excluding hydrogens is 340 g/mol. The van der Waals surface area contributed by atoms with Gasteiger partial charge in [-0.2, -0.15) is 5.26 Å². The van der Waals surface area contributed by atoms with Gasteiger partial charge in [0.15, 0.2) is 0 Å². The number of fused-ring (bicyclic) bond motifs is 1. The summed E-state index contributed by atoms with van der Waals surface area (Å²) in [5, 5.41) is 16.3. The lowest BCUT2D eigenvalue weighted by atomic mass is 9.83. The zero-order chi connectivity index (χ0) is 18.8. The van der Waals surface area contributed by atoms with Crippen molar-refractivity contribution in [3.8, 4) is 6.07 Å². The first kappa shape index (κ1) is 17.6. The topological polar surface area (TPSA) is 97.8 Å². The Kier molecular flexibility index (Phi) is 4.85. The lowest BCUT2D eigenvalue weighted by Gasteiger charge is -2.31. The summed E-state index contributed by atoms with van der Waals surface area (Å²) in [6.07, 6.45) is 7.35. The van der Waals surface area contributed by atoms with Crippen LogP contribution in [0.25, 0.3) is 10.9 Å². The number of nitriles is 1. The number of aromatic nitrogens is 1. The first-order valence-electron chi connectivity index (χ1n) is 9.73. The average Bonchev–Trinajstić information content (AvgIpc) is 3.42. The molecule has 4 rings (SSSR count). The van der Waals surface area contributed by atoms with Gasteiger partial charge in [0.1, 0.15) is 6.04 Å². The summed E-state index contributed by atoms with van der Waals surface area (Å²) >= 11 is 0. The quantitative estimate of drug-likeness (QED) is 0.761. The van der Waals surface area contributed by atoms with E-state index in [1.807, 2.05) is 30.5 Å². The summed E-state index contributed by atoms with van der Waals surface area (Å²) < 4.78 is 0. The number of hydrogen-bond acceptors (Lipinski definition) is 3. The minimum Gasteiger partial charge on any atom is -0.361 e. The number of nitrogens with zero attached hydrogens (tertiary/aromatic N) is 1. The van der Waals surface area contributed by atoms with E-state index in [-0.39, 0.29) is 23.8 Å². The fraction of sp³-hybridized carbons (Fsp3) is 0.476. The number of rotatable bonds is 5. The lowest BCUT2D eigenvalue weighted by Crippen LogP contribution is -2.50. The Morgan fingerprint density at radius 3 is 2.74 bits per heavy atom. The van der Waals surface area contributed by atoms with Crippen LogP contribution in [0, 0.1) is 23.2 Å². The molecule has 0 bridgehead atoms. The molecular formula is C21H24N4O2. The molecule has 2 fully saturated rings. The number of amides is 2. The molecule has 2 amide bonds. The van der Waals surface area contributed by atoms with Crippen molar-refractivity contribution in [2.24, 2.45) is 11.8 Å². The highest BCUT2D eigenvalue weighted by Crippen LogP contribution is 2.33. The van der Waals surface area contributed by atoms with E-state index in [0.29, 0.717) is 11.5 Å². The van der Waals surface area contributed by atoms with E-state index in [1.54, 1.807) is 0 Å². The third kappa shape index (κ3) is 3.82. The number of hydrogen-bond donors (Lipinski definition) is 3. The van der Waals surface area contributed by atoms with Crippen molar-refractivity contribution >= 4 is 22.7 Å². The van der Waals surface area contributed by atoms with Crippen molar-refractivity contribution in [1.82, 2.24) is 15.6 Å². The van der Waals surface area contributed by atoms with Gasteiger partial charge in [-0.05, 0) is 55.2 Å². The Bertz CT molecular complexity index is 893. The number of carbonyl (C=O) groups is 2. The molecule has 0 spiro atoms. The first-order valence-corrected chi connectivity index (χ1v) is 9.73. The van der Waals surface area contributed by atoms with E-state index >= 15 is 0 Å². The molecule has 0 saturated heterocycles. The zero-order valence-electron chi connectivity index (χ0n) is 15.2. The largest absolute Gasteiger partial charge is 0.361 e. The predicted molar refractivity (Wildman–Crippen MR) is 102 cm³/mol. The smallest absolute Gasteiger partial charge is 0.251 e. The molecule has 0 radical (unpaired) electrons. The van der Waals surface area contributed by atoms with Gasteiger partial charge in [0.05, 0.1) is 12.0 Å². The van der Waals surface area contributed by atoms with Crippen LogP contribution in [0.2, 0.25) is 0 Å². The highest BCUT2D eigenvalue weighted by molar-refractivity contribution is 5.98. The Balaban J connectivity index is 1.44. The van der Waals surface area contributed by atoms with Crippen LogP contribution in [-0.2, 0) is 4.79 Å². The Labute approximate surface area is 158 Å². The molecule has 6 heteroatoms. The maximum absolute atomic E-state index is 12.7. The van der Waals surface area contributed by atoms with Gasteiger partial charge in [0.25, 0.3) is 5.91 Å². The normalized spacial score (nSPS) is 23.4. The van der Waals surface area contributed by atoms with Crippen molar-refractivity contribution in [1.29, 1.82) is 5.26 Å². The van der Waals surface area contributed by atoms with Crippen molar-refractivity contribution in [3.05, 3.63) is 36.0 Å². The maximum Gasteiger partial charge on any atom is 0.251 e. The fourth-order valence-electron chi connectivity index (χ4n) is 4.00. The Morgan fingerprint density at radius 2 is 1.96 bits per heavy atom. The van der Waals surface area contributed by atoms with Crippen LogP contribution in [0.4, 0.5) is 0 Å². The van der Waals surface area contributed by atoms with Crippen LogP contribution in [0.3, 0.4) is 0 Å². The molecule has 3 N–H and O–H groups in total. The van der Waals surface area contributed by atoms with Crippen LogP contribution >= 0.6 is 0 Å². The van der Waals surface area contributed by atoms with Gasteiger partial charge >= 0.3 is 0 Å². The molecule has 1 aromatic heterocycles. The number of benzene rings is 1. The maximum atomic E-state index is 12.7. The number of carbonyl (C=O) groups excluding carboxylic acids is 2. The monoisotopic (exact) mass is 364 g/mol. The Hall–Kier alpha value is -2.81. The highest BCUT2D eigenvalue weighted by Gasteiger charge is 2.37. The second-order valence-corrected chi connectivity index (χ2v) is 7.70. The SMILES string of the molecule is N#CC(NC(=O)C1CCCC[C@H]1NC(=O)c1ccc2cc[nH]c2c1)C1CC1. The number of H-pyrrole nitrogens is 1. The molecule has 1 heterocycles. The standard InChI is InChI=1S/C21H24N4O2/c22-12-19(13-5-6-13)25-21(27)16-3-1-2-4-17(16)24-20(26)15-8-7-14-9-10-23-18(14)11-15/h7-11,13,16-17,19,23H,1-6H2,(H,24,26)(H,25,27)/t16?,17-,19?/m1/s1. The van der Waals surface area contributed by atoms with Crippen LogP contribution in [-0.4, -0.2) is 28.9 Å². The van der Waals surface area contributed by atoms with E-state index in [0.717, 1.165) is 49.4 Å². The van der Waals surface area contributed by atoms with Crippen molar-refractivity contribution in [2.45, 2.75) is 50.6 Å². The van der Waals surface area contributed by atoms with E-state index in [9.17, 15) is 14.9 Å². The van der Waals surface area contributed by atoms with Gasteiger partial charge < -0.3 is 15.6 Å². The first-order chi connectivity index (χ1) is 13.2. The second-order valence-electron chi connectivity index (χ2n) is 7.70. The molecule has 6 nitrogen and oxygen atoms in total. The molecule has 0 aliphatic heterocycles. The molecule has 140 valence electrons. The highest BCUT2D eigenvalue weighted by atomic mass is 16.2. The number of nitrogens with one attached hydrogen (secondary N) is 3.